The number of benzene rings is 1. The molecule has 0 aliphatic carbocycles. The Morgan fingerprint density at radius 3 is 1.32 bits per heavy atom. The van der Waals surface area contributed by atoms with Crippen LogP contribution in [0.15, 0.2) is 24.3 Å². The molecule has 0 unspecified atom stereocenters. The zero-order valence-corrected chi connectivity index (χ0v) is 16.7. The molecule has 0 saturated heterocycles. The predicted molar refractivity (Wildman–Crippen MR) is 90.6 cm³/mol. The average Bonchev–Trinajstić information content (AvgIpc) is 2.24. The molecule has 0 radical (unpaired) electrons. The third-order valence-electron chi connectivity index (χ3n) is 3.44. The summed E-state index contributed by atoms with van der Waals surface area (Å²) in [5, 5.41) is 0. The maximum absolute atomic E-state index is 2.36. The fourth-order valence-electron chi connectivity index (χ4n) is 2.85. The Hall–Kier alpha value is 0.155. The number of hydrogen-bond donors (Lipinski definition) is 0. The van der Waals surface area contributed by atoms with E-state index in [1.54, 1.807) is 0 Å². The Bertz CT molecular complexity index is 387. The maximum atomic E-state index is 2.36. The van der Waals surface area contributed by atoms with Crippen LogP contribution >= 0.6 is 0 Å². The first-order valence-corrected chi connectivity index (χ1v) is 7.74. The van der Waals surface area contributed by atoms with Gasteiger partial charge in [0.1, 0.15) is 0 Å². The summed E-state index contributed by atoms with van der Waals surface area (Å²) in [6.45, 7) is 18.4. The van der Waals surface area contributed by atoms with Gasteiger partial charge in [-0.15, -0.1) is 0 Å². The quantitative estimate of drug-likeness (QED) is 0.557. The van der Waals surface area contributed by atoms with Gasteiger partial charge in [-0.1, -0.05) is 68.2 Å². The zero-order valence-electron chi connectivity index (χ0n) is 16.7. The van der Waals surface area contributed by atoms with Crippen LogP contribution in [0.2, 0.25) is 0 Å². The van der Waals surface area contributed by atoms with Gasteiger partial charge in [-0.2, -0.15) is 47.2 Å². The Balaban J connectivity index is 0. The van der Waals surface area contributed by atoms with Crippen LogP contribution in [-0.2, 0) is 0 Å². The first kappa shape index (κ1) is 24.4. The van der Waals surface area contributed by atoms with E-state index in [0.717, 1.165) is 12.8 Å². The van der Waals surface area contributed by atoms with Gasteiger partial charge in [0, 0.05) is 0 Å². The van der Waals surface area contributed by atoms with Crippen molar-refractivity contribution in [1.29, 1.82) is 0 Å². The second kappa shape index (κ2) is 9.45. The summed E-state index contributed by atoms with van der Waals surface area (Å²) in [7, 11) is 0. The maximum Gasteiger partial charge on any atom is 1.00 e. The molecule has 0 amide bonds. The summed E-state index contributed by atoms with van der Waals surface area (Å²) in [6.07, 6.45) is 2.30. The van der Waals surface area contributed by atoms with Crippen molar-refractivity contribution in [2.75, 3.05) is 0 Å². The van der Waals surface area contributed by atoms with E-state index in [2.05, 4.69) is 79.7 Å². The molecular formula is C20H32Li2. The van der Waals surface area contributed by atoms with Gasteiger partial charge in [-0.3, -0.25) is 0 Å². The Kier molecular flexibility index (Phi) is 10.5. The molecule has 1 aromatic carbocycles. The second-order valence-electron chi connectivity index (χ2n) is 8.62. The molecule has 0 bridgehead atoms. The molecule has 0 saturated carbocycles. The minimum absolute atomic E-state index is 0. The summed E-state index contributed by atoms with van der Waals surface area (Å²) < 4.78 is 0. The molecule has 0 N–H and O–H groups in total. The van der Waals surface area contributed by atoms with E-state index in [4.69, 9.17) is 0 Å². The molecule has 0 nitrogen and oxygen atoms in total. The van der Waals surface area contributed by atoms with Gasteiger partial charge in [0.2, 0.25) is 0 Å². The average molecular weight is 286 g/mol. The number of hydrogen-bond acceptors (Lipinski definition) is 0. The third-order valence-corrected chi connectivity index (χ3v) is 3.44. The van der Waals surface area contributed by atoms with Crippen molar-refractivity contribution >= 4 is 0 Å². The minimum atomic E-state index is 0. The molecule has 2 heteroatoms. The fourth-order valence-corrected chi connectivity index (χ4v) is 2.85. The van der Waals surface area contributed by atoms with Crippen molar-refractivity contribution in [3.63, 3.8) is 0 Å². The van der Waals surface area contributed by atoms with Crippen LogP contribution in [0.5, 0.6) is 0 Å². The number of rotatable bonds is 4. The molecule has 1 aromatic rings. The van der Waals surface area contributed by atoms with Gasteiger partial charge >= 0.3 is 37.7 Å². The van der Waals surface area contributed by atoms with Crippen LogP contribution in [0.3, 0.4) is 0 Å². The smallest absolute Gasteiger partial charge is 0.191 e. The van der Waals surface area contributed by atoms with Crippen molar-refractivity contribution < 1.29 is 37.7 Å². The standard InChI is InChI=1S/C20H32.2Li/c1-15(13-19(3,4)5)17-10-9-11-18(12-17)16(2)14-20(6,7)8;;/h9-12H,13-14H2,1-8H3;;/q-2;2*+1. The van der Waals surface area contributed by atoms with Gasteiger partial charge in [0.15, 0.2) is 0 Å². The summed E-state index contributed by atoms with van der Waals surface area (Å²) in [5.74, 6) is 2.98. The molecule has 0 atom stereocenters. The van der Waals surface area contributed by atoms with E-state index in [0.29, 0.717) is 10.8 Å². The molecule has 0 fully saturated rings. The molecule has 0 aliphatic rings. The van der Waals surface area contributed by atoms with Gasteiger partial charge in [0.05, 0.1) is 0 Å². The summed E-state index contributed by atoms with van der Waals surface area (Å²) in [6, 6.07) is 9.05. The van der Waals surface area contributed by atoms with Crippen LogP contribution in [0.1, 0.15) is 79.4 Å². The first-order chi connectivity index (χ1) is 8.98. The van der Waals surface area contributed by atoms with Gasteiger partial charge in [-0.05, 0) is 10.8 Å². The topological polar surface area (TPSA) is 0 Å². The van der Waals surface area contributed by atoms with E-state index in [1.165, 1.54) is 23.0 Å². The van der Waals surface area contributed by atoms with E-state index in [1.807, 2.05) is 0 Å². The molecule has 0 aromatic heterocycles. The van der Waals surface area contributed by atoms with Crippen molar-refractivity contribution in [3.8, 4) is 0 Å². The zero-order chi connectivity index (χ0) is 15.6. The predicted octanol–water partition coefficient (Wildman–Crippen LogP) is 0.452. The first-order valence-electron chi connectivity index (χ1n) is 7.74. The summed E-state index contributed by atoms with van der Waals surface area (Å²) in [4.78, 5) is 0. The van der Waals surface area contributed by atoms with Crippen LogP contribution in [0, 0.1) is 22.7 Å². The fraction of sp³-hybridized carbons (Fsp3) is 0.600. The van der Waals surface area contributed by atoms with Crippen molar-refractivity contribution in [3.05, 3.63) is 47.2 Å². The van der Waals surface area contributed by atoms with Crippen LogP contribution in [0.25, 0.3) is 0 Å². The van der Waals surface area contributed by atoms with E-state index >= 15 is 0 Å². The monoisotopic (exact) mass is 286 g/mol. The van der Waals surface area contributed by atoms with Crippen molar-refractivity contribution in [1.82, 2.24) is 0 Å². The van der Waals surface area contributed by atoms with E-state index in [9.17, 15) is 0 Å². The normalized spacial score (nSPS) is 11.3. The van der Waals surface area contributed by atoms with Crippen molar-refractivity contribution in [2.24, 2.45) is 10.8 Å². The summed E-state index contributed by atoms with van der Waals surface area (Å²) >= 11 is 0. The Morgan fingerprint density at radius 2 is 1.05 bits per heavy atom. The Labute approximate surface area is 163 Å². The second-order valence-corrected chi connectivity index (χ2v) is 8.62. The minimum Gasteiger partial charge on any atom is -0.191 e. The molecule has 114 valence electrons. The molecule has 0 spiro atoms. The van der Waals surface area contributed by atoms with Gasteiger partial charge < -0.3 is 0 Å². The van der Waals surface area contributed by atoms with Crippen LogP contribution in [-0.4, -0.2) is 0 Å². The molecule has 0 heterocycles. The van der Waals surface area contributed by atoms with Crippen molar-refractivity contribution in [2.45, 2.75) is 68.2 Å². The van der Waals surface area contributed by atoms with E-state index in [-0.39, 0.29) is 37.7 Å². The van der Waals surface area contributed by atoms with E-state index < -0.39 is 0 Å². The van der Waals surface area contributed by atoms with Crippen LogP contribution in [0.4, 0.5) is 0 Å². The third kappa shape index (κ3) is 9.33. The summed E-state index contributed by atoms with van der Waals surface area (Å²) in [5.41, 5.74) is 3.49. The Morgan fingerprint density at radius 1 is 0.727 bits per heavy atom. The molecule has 1 rings (SSSR count). The van der Waals surface area contributed by atoms with Gasteiger partial charge in [0.25, 0.3) is 0 Å². The van der Waals surface area contributed by atoms with Crippen LogP contribution < -0.4 is 37.7 Å². The SMILES string of the molecule is C[C-](CC(C)(C)C)c1cccc([C-](C)CC(C)(C)C)c1.[Li+].[Li+]. The largest absolute Gasteiger partial charge is 1.00 e. The molecular weight excluding hydrogens is 254 g/mol. The van der Waals surface area contributed by atoms with Gasteiger partial charge in [-0.25, -0.2) is 0 Å². The molecule has 22 heavy (non-hydrogen) atoms. The molecule has 0 aliphatic heterocycles.